The Morgan fingerprint density at radius 2 is 1.74 bits per heavy atom. The highest BCUT2D eigenvalue weighted by atomic mass is 32.2. The van der Waals surface area contributed by atoms with Crippen molar-refractivity contribution in [3.05, 3.63) is 59.7 Å². The topological polar surface area (TPSA) is 75.3 Å². The third-order valence-electron chi connectivity index (χ3n) is 3.69. The second-order valence-electron chi connectivity index (χ2n) is 7.17. The molecule has 2 aromatic carbocycles. The van der Waals surface area contributed by atoms with Crippen LogP contribution in [-0.2, 0) is 10.0 Å². The second-order valence-corrected chi connectivity index (χ2v) is 10.7. The lowest BCUT2D eigenvalue weighted by Crippen LogP contribution is -2.27. The zero-order valence-corrected chi connectivity index (χ0v) is 17.7. The fourth-order valence-corrected chi connectivity index (χ4v) is 4.52. The molecule has 5 nitrogen and oxygen atoms in total. The number of aryl methyl sites for hydroxylation is 1. The molecule has 2 rings (SSSR count). The van der Waals surface area contributed by atoms with E-state index in [2.05, 4.69) is 30.8 Å². The number of hydrogen-bond donors (Lipinski definition) is 2. The van der Waals surface area contributed by atoms with Gasteiger partial charge < -0.3 is 5.32 Å². The number of anilines is 1. The van der Waals surface area contributed by atoms with Gasteiger partial charge in [0.1, 0.15) is 0 Å². The van der Waals surface area contributed by atoms with E-state index < -0.39 is 10.0 Å². The molecule has 0 radical (unpaired) electrons. The fraction of sp³-hybridized carbons (Fsp3) is 0.350. The molecule has 0 saturated carbocycles. The van der Waals surface area contributed by atoms with E-state index in [-0.39, 0.29) is 15.5 Å². The molecule has 0 aliphatic heterocycles. The summed E-state index contributed by atoms with van der Waals surface area (Å²) in [6.07, 6.45) is 0. The Balaban J connectivity index is 2.12. The summed E-state index contributed by atoms with van der Waals surface area (Å²) in [5.41, 5.74) is 1.39. The largest absolute Gasteiger partial charge is 0.351 e. The van der Waals surface area contributed by atoms with Crippen LogP contribution in [0, 0.1) is 6.92 Å². The molecule has 0 aliphatic rings. The van der Waals surface area contributed by atoms with Crippen LogP contribution in [0.2, 0.25) is 0 Å². The molecule has 0 aromatic heterocycles. The number of carbonyl (C=O) groups excluding carboxylic acids is 1. The molecular weight excluding hydrogens is 380 g/mol. The Hall–Kier alpha value is -1.99. The normalized spacial score (nSPS) is 11.9. The van der Waals surface area contributed by atoms with Gasteiger partial charge >= 0.3 is 0 Å². The summed E-state index contributed by atoms with van der Waals surface area (Å²) in [6.45, 7) is 8.60. The summed E-state index contributed by atoms with van der Waals surface area (Å²) in [7, 11) is -3.78. The predicted octanol–water partition coefficient (Wildman–Crippen LogP) is 4.06. The molecule has 7 heteroatoms. The van der Waals surface area contributed by atoms with Crippen LogP contribution in [0.4, 0.5) is 5.69 Å². The minimum absolute atomic E-state index is 0.100. The van der Waals surface area contributed by atoms with Gasteiger partial charge in [0.15, 0.2) is 0 Å². The Morgan fingerprint density at radius 1 is 1.07 bits per heavy atom. The molecular formula is C20H26N2O3S2. The van der Waals surface area contributed by atoms with E-state index in [9.17, 15) is 13.2 Å². The number of rotatable bonds is 7. The average molecular weight is 407 g/mol. The third kappa shape index (κ3) is 6.59. The molecule has 0 saturated heterocycles. The third-order valence-corrected chi connectivity index (χ3v) is 6.49. The minimum Gasteiger partial charge on any atom is -0.351 e. The summed E-state index contributed by atoms with van der Waals surface area (Å²) < 4.78 is 28.1. The quantitative estimate of drug-likeness (QED) is 0.680. The summed E-state index contributed by atoms with van der Waals surface area (Å²) >= 11 is 1.76. The van der Waals surface area contributed by atoms with Gasteiger partial charge in [-0.05, 0) is 36.8 Å². The standard InChI is InChI=1S/C20H26N2O3S2/c1-15-10-11-16(19(23)21-12-13-26-20(2,3)4)14-18(15)27(24,25)22-17-8-6-5-7-9-17/h5-11,14,22H,12-13H2,1-4H3,(H,21,23). The predicted molar refractivity (Wildman–Crippen MR) is 113 cm³/mol. The summed E-state index contributed by atoms with van der Waals surface area (Å²) in [5.74, 6) is 0.516. The lowest BCUT2D eigenvalue weighted by molar-refractivity contribution is 0.0956. The van der Waals surface area contributed by atoms with Crippen LogP contribution in [0.25, 0.3) is 0 Å². The van der Waals surface area contributed by atoms with Gasteiger partial charge in [-0.3, -0.25) is 9.52 Å². The lowest BCUT2D eigenvalue weighted by Gasteiger charge is -2.17. The molecule has 0 spiro atoms. The van der Waals surface area contributed by atoms with Crippen LogP contribution in [0.1, 0.15) is 36.7 Å². The van der Waals surface area contributed by atoms with E-state index in [1.165, 1.54) is 6.07 Å². The Kier molecular flexibility index (Phi) is 6.95. The maximum atomic E-state index is 12.7. The van der Waals surface area contributed by atoms with E-state index in [1.807, 2.05) is 6.07 Å². The van der Waals surface area contributed by atoms with Crippen molar-refractivity contribution in [2.24, 2.45) is 0 Å². The van der Waals surface area contributed by atoms with E-state index in [0.717, 1.165) is 5.75 Å². The Labute approximate surface area is 166 Å². The zero-order valence-electron chi connectivity index (χ0n) is 16.1. The highest BCUT2D eigenvalue weighted by Gasteiger charge is 2.19. The van der Waals surface area contributed by atoms with Gasteiger partial charge in [-0.2, -0.15) is 11.8 Å². The van der Waals surface area contributed by atoms with Crippen LogP contribution in [0.15, 0.2) is 53.4 Å². The summed E-state index contributed by atoms with van der Waals surface area (Å²) in [4.78, 5) is 12.5. The molecule has 2 aromatic rings. The highest BCUT2D eigenvalue weighted by Crippen LogP contribution is 2.23. The first-order valence-corrected chi connectivity index (χ1v) is 11.2. The maximum absolute atomic E-state index is 12.7. The van der Waals surface area contributed by atoms with E-state index in [1.54, 1.807) is 55.1 Å². The van der Waals surface area contributed by atoms with Gasteiger partial charge in [-0.15, -0.1) is 0 Å². The van der Waals surface area contributed by atoms with Gasteiger partial charge in [-0.25, -0.2) is 8.42 Å². The minimum atomic E-state index is -3.78. The molecule has 0 unspecified atom stereocenters. The van der Waals surface area contributed by atoms with Crippen LogP contribution in [0.5, 0.6) is 0 Å². The van der Waals surface area contributed by atoms with Crippen molar-refractivity contribution in [1.29, 1.82) is 0 Å². The number of nitrogens with one attached hydrogen (secondary N) is 2. The molecule has 0 aliphatic carbocycles. The number of sulfonamides is 1. The summed E-state index contributed by atoms with van der Waals surface area (Å²) in [5, 5.41) is 2.84. The van der Waals surface area contributed by atoms with Crippen LogP contribution < -0.4 is 10.0 Å². The molecule has 2 N–H and O–H groups in total. The van der Waals surface area contributed by atoms with Crippen molar-refractivity contribution >= 4 is 33.4 Å². The van der Waals surface area contributed by atoms with Gasteiger partial charge in [0.25, 0.3) is 15.9 Å². The Morgan fingerprint density at radius 3 is 2.37 bits per heavy atom. The molecule has 1 amide bonds. The van der Waals surface area contributed by atoms with Crippen LogP contribution in [0.3, 0.4) is 0 Å². The van der Waals surface area contributed by atoms with Crippen molar-refractivity contribution < 1.29 is 13.2 Å². The molecule has 146 valence electrons. The van der Waals surface area contributed by atoms with Gasteiger partial charge in [0, 0.05) is 28.3 Å². The number of para-hydroxylation sites is 1. The number of benzene rings is 2. The lowest BCUT2D eigenvalue weighted by atomic mass is 10.1. The van der Waals surface area contributed by atoms with Crippen LogP contribution in [-0.4, -0.2) is 31.4 Å². The Bertz CT molecular complexity index is 889. The number of carbonyl (C=O) groups is 1. The first-order valence-electron chi connectivity index (χ1n) is 8.69. The van der Waals surface area contributed by atoms with Gasteiger partial charge in [0.2, 0.25) is 0 Å². The first kappa shape index (κ1) is 21.3. The van der Waals surface area contributed by atoms with Gasteiger partial charge in [0.05, 0.1) is 4.90 Å². The molecule has 27 heavy (non-hydrogen) atoms. The van der Waals surface area contributed by atoms with Crippen molar-refractivity contribution in [3.63, 3.8) is 0 Å². The van der Waals surface area contributed by atoms with Crippen molar-refractivity contribution in [2.75, 3.05) is 17.0 Å². The zero-order chi connectivity index (χ0) is 20.1. The number of hydrogen-bond acceptors (Lipinski definition) is 4. The van der Waals surface area contributed by atoms with Crippen molar-refractivity contribution in [2.45, 2.75) is 37.3 Å². The molecule has 0 atom stereocenters. The monoisotopic (exact) mass is 406 g/mol. The molecule has 0 bridgehead atoms. The van der Waals surface area contributed by atoms with Gasteiger partial charge in [-0.1, -0.05) is 45.0 Å². The van der Waals surface area contributed by atoms with E-state index in [4.69, 9.17) is 0 Å². The van der Waals surface area contributed by atoms with Crippen molar-refractivity contribution in [3.8, 4) is 0 Å². The van der Waals surface area contributed by atoms with Crippen molar-refractivity contribution in [1.82, 2.24) is 5.32 Å². The average Bonchev–Trinajstić information content (AvgIpc) is 2.58. The number of amides is 1. The van der Waals surface area contributed by atoms with Crippen LogP contribution >= 0.6 is 11.8 Å². The molecule has 0 heterocycles. The first-order chi connectivity index (χ1) is 12.6. The fourth-order valence-electron chi connectivity index (χ4n) is 2.37. The smallest absolute Gasteiger partial charge is 0.262 e. The SMILES string of the molecule is Cc1ccc(C(=O)NCCSC(C)(C)C)cc1S(=O)(=O)Nc1ccccc1. The second kappa shape index (κ2) is 8.80. The van der Waals surface area contributed by atoms with E-state index >= 15 is 0 Å². The maximum Gasteiger partial charge on any atom is 0.262 e. The highest BCUT2D eigenvalue weighted by molar-refractivity contribution is 8.00. The summed E-state index contributed by atoms with van der Waals surface area (Å²) in [6, 6.07) is 13.4. The molecule has 0 fully saturated rings. The number of thioether (sulfide) groups is 1. The van der Waals surface area contributed by atoms with E-state index in [0.29, 0.717) is 23.4 Å².